The Morgan fingerprint density at radius 2 is 1.60 bits per heavy atom. The molecule has 6 aliphatic heterocycles. The number of hydrogen-bond acceptors (Lipinski definition) is 12. The number of nitrogens with one attached hydrogen (secondary N) is 2. The highest BCUT2D eigenvalue weighted by atomic mass is 16.2. The van der Waals surface area contributed by atoms with Crippen molar-refractivity contribution in [2.24, 2.45) is 5.73 Å². The topological polar surface area (TPSA) is 198 Å². The fourth-order valence-corrected chi connectivity index (χ4v) is 9.37. The number of hydrogen-bond donors (Lipinski definition) is 3. The minimum atomic E-state index is -0.981. The summed E-state index contributed by atoms with van der Waals surface area (Å²) in [6, 6.07) is 13.1. The molecule has 5 fully saturated rings. The molecule has 3 aromatic rings. The highest BCUT2D eigenvalue weighted by Crippen LogP contribution is 2.36. The number of carbonyl (C=O) groups is 6. The number of imide groups is 2. The lowest BCUT2D eigenvalue weighted by Gasteiger charge is -2.47. The first-order valence-electron chi connectivity index (χ1n) is 20.2. The SMILES string of the molecule is CN1CCN([C@@H]2CCCN(c3cnc(C(N)=O)c(Nc4ccc(C5CN(C6CCN(c7ccc8c(c7)C(=O)N(C7CCC(=O)NC7=O)C8=O)CC6)C5)cc4)n3)C2)C1=O.[HH]. The molecule has 0 bridgehead atoms. The van der Waals surface area contributed by atoms with Gasteiger partial charge in [-0.25, -0.2) is 14.8 Å². The fourth-order valence-electron chi connectivity index (χ4n) is 9.37. The maximum Gasteiger partial charge on any atom is 0.320 e. The van der Waals surface area contributed by atoms with E-state index in [4.69, 9.17) is 10.7 Å². The molecule has 5 saturated heterocycles. The zero-order valence-electron chi connectivity index (χ0n) is 32.4. The number of likely N-dealkylation sites (N-methyl/N-ethyl adjacent to an activating group) is 1. The molecule has 58 heavy (non-hydrogen) atoms. The van der Waals surface area contributed by atoms with Crippen molar-refractivity contribution in [3.05, 3.63) is 71.0 Å². The molecule has 0 saturated carbocycles. The van der Waals surface area contributed by atoms with Crippen molar-refractivity contribution in [3.63, 3.8) is 0 Å². The summed E-state index contributed by atoms with van der Waals surface area (Å²) in [7, 11) is 1.83. The number of aromatic nitrogens is 2. The molecule has 304 valence electrons. The van der Waals surface area contributed by atoms with Gasteiger partial charge in [0.05, 0.1) is 23.4 Å². The first-order chi connectivity index (χ1) is 28.0. The zero-order chi connectivity index (χ0) is 40.2. The number of carbonyl (C=O) groups excluding carboxylic acids is 6. The van der Waals surface area contributed by atoms with Gasteiger partial charge in [0, 0.05) is 90.6 Å². The number of amides is 7. The van der Waals surface area contributed by atoms with E-state index in [2.05, 4.69) is 42.5 Å². The Hall–Kier alpha value is -6.10. The molecule has 0 aliphatic carbocycles. The van der Waals surface area contributed by atoms with Gasteiger partial charge in [-0.1, -0.05) is 12.1 Å². The van der Waals surface area contributed by atoms with E-state index >= 15 is 0 Å². The first kappa shape index (κ1) is 37.5. The Kier molecular flexibility index (Phi) is 9.70. The summed E-state index contributed by atoms with van der Waals surface area (Å²) in [5.74, 6) is -1.34. The Morgan fingerprint density at radius 1 is 0.845 bits per heavy atom. The van der Waals surface area contributed by atoms with Crippen LogP contribution in [-0.2, 0) is 9.59 Å². The third-order valence-corrected chi connectivity index (χ3v) is 12.7. The third-order valence-electron chi connectivity index (χ3n) is 12.7. The second-order valence-corrected chi connectivity index (χ2v) is 16.2. The summed E-state index contributed by atoms with van der Waals surface area (Å²) in [5, 5.41) is 5.52. The van der Waals surface area contributed by atoms with Crippen LogP contribution < -0.4 is 26.2 Å². The summed E-state index contributed by atoms with van der Waals surface area (Å²) in [6.07, 6.45) is 5.58. The number of fused-ring (bicyclic) bond motifs is 1. The van der Waals surface area contributed by atoms with Gasteiger partial charge in [-0.3, -0.25) is 39.1 Å². The molecule has 9 rings (SSSR count). The van der Waals surface area contributed by atoms with Crippen LogP contribution >= 0.6 is 0 Å². The predicted molar refractivity (Wildman–Crippen MR) is 215 cm³/mol. The van der Waals surface area contributed by atoms with Crippen LogP contribution in [0.25, 0.3) is 0 Å². The molecule has 6 aliphatic rings. The monoisotopic (exact) mass is 791 g/mol. The van der Waals surface area contributed by atoms with Crippen LogP contribution in [0.4, 0.5) is 27.8 Å². The Balaban J connectivity index is 0.00000484. The summed E-state index contributed by atoms with van der Waals surface area (Å²) in [6.45, 7) is 6.40. The van der Waals surface area contributed by atoms with Crippen LogP contribution in [0, 0.1) is 0 Å². The second-order valence-electron chi connectivity index (χ2n) is 16.2. The summed E-state index contributed by atoms with van der Waals surface area (Å²) >= 11 is 0. The van der Waals surface area contributed by atoms with E-state index in [1.807, 2.05) is 30.1 Å². The Morgan fingerprint density at radius 3 is 2.31 bits per heavy atom. The number of nitrogens with zero attached hydrogens (tertiary/aromatic N) is 8. The normalized spacial score (nSPS) is 23.4. The van der Waals surface area contributed by atoms with Gasteiger partial charge in [0.2, 0.25) is 11.8 Å². The number of piperidine rings is 3. The maximum atomic E-state index is 13.3. The van der Waals surface area contributed by atoms with Crippen molar-refractivity contribution in [1.29, 1.82) is 0 Å². The number of likely N-dealkylation sites (tertiary alicyclic amines) is 1. The molecule has 1 aromatic heterocycles. The van der Waals surface area contributed by atoms with Crippen LogP contribution in [0.15, 0.2) is 48.7 Å². The predicted octanol–water partition coefficient (Wildman–Crippen LogP) is 2.37. The van der Waals surface area contributed by atoms with Crippen molar-refractivity contribution < 1.29 is 30.2 Å². The van der Waals surface area contributed by atoms with Crippen LogP contribution in [0.5, 0.6) is 0 Å². The number of nitrogens with two attached hydrogens (primary N) is 1. The Labute approximate surface area is 337 Å². The Bertz CT molecular complexity index is 2190. The van der Waals surface area contributed by atoms with Crippen molar-refractivity contribution in [2.75, 3.05) is 74.5 Å². The highest BCUT2D eigenvalue weighted by Gasteiger charge is 2.45. The van der Waals surface area contributed by atoms with E-state index in [-0.39, 0.29) is 37.6 Å². The summed E-state index contributed by atoms with van der Waals surface area (Å²) < 4.78 is 0. The second kappa shape index (κ2) is 15.0. The fraction of sp³-hybridized carbons (Fsp3) is 0.463. The molecular formula is C41H49N11O6. The molecular weight excluding hydrogens is 743 g/mol. The van der Waals surface area contributed by atoms with Gasteiger partial charge < -0.3 is 30.7 Å². The lowest BCUT2D eigenvalue weighted by Crippen LogP contribution is -2.54. The summed E-state index contributed by atoms with van der Waals surface area (Å²) in [4.78, 5) is 96.3. The van der Waals surface area contributed by atoms with E-state index in [0.717, 1.165) is 81.2 Å². The molecule has 2 atom stereocenters. The standard InChI is InChI=1S/C41H47N11O6.H2/c1-47-17-18-51(41(47)58)29-3-2-14-49(23-29)33-20-43-35(36(42)54)37(45-33)44-26-6-4-24(5-7-26)25-21-50(22-25)27-12-15-48(16-13-27)28-8-9-30-31(19-28)40(57)52(39(30)56)32-10-11-34(53)46-38(32)55;/h4-9,19-20,25,27,29,32H,2-3,10-18,21-23H2,1H3,(H2,42,54)(H,44,45)(H,46,53,55);1H/t29-,32?;/m1./s1. The quantitative estimate of drug-likeness (QED) is 0.268. The average molecular weight is 792 g/mol. The molecule has 0 spiro atoms. The van der Waals surface area contributed by atoms with Gasteiger partial charge in [0.1, 0.15) is 11.9 Å². The van der Waals surface area contributed by atoms with Gasteiger partial charge in [-0.2, -0.15) is 0 Å². The third kappa shape index (κ3) is 6.86. The minimum absolute atomic E-state index is 0. The van der Waals surface area contributed by atoms with E-state index in [0.29, 0.717) is 42.2 Å². The lowest BCUT2D eigenvalue weighted by atomic mass is 9.88. The van der Waals surface area contributed by atoms with Gasteiger partial charge >= 0.3 is 6.03 Å². The number of urea groups is 1. The molecule has 2 aromatic carbocycles. The first-order valence-corrected chi connectivity index (χ1v) is 20.2. The molecule has 7 heterocycles. The molecule has 4 N–H and O–H groups in total. The van der Waals surface area contributed by atoms with E-state index in [1.54, 1.807) is 23.2 Å². The minimum Gasteiger partial charge on any atom is -0.371 e. The van der Waals surface area contributed by atoms with Crippen LogP contribution in [0.3, 0.4) is 0 Å². The van der Waals surface area contributed by atoms with Crippen LogP contribution in [-0.4, -0.2) is 143 Å². The molecule has 17 nitrogen and oxygen atoms in total. The van der Waals surface area contributed by atoms with Crippen molar-refractivity contribution in [1.82, 2.24) is 34.9 Å². The van der Waals surface area contributed by atoms with Crippen molar-refractivity contribution in [3.8, 4) is 0 Å². The largest absolute Gasteiger partial charge is 0.371 e. The molecule has 17 heteroatoms. The highest BCUT2D eigenvalue weighted by molar-refractivity contribution is 6.23. The average Bonchev–Trinajstić information content (AvgIpc) is 3.67. The van der Waals surface area contributed by atoms with Crippen LogP contribution in [0.2, 0.25) is 0 Å². The van der Waals surface area contributed by atoms with Gasteiger partial charge in [-0.05, 0) is 68.0 Å². The molecule has 7 amide bonds. The molecule has 1 unspecified atom stereocenters. The van der Waals surface area contributed by atoms with Gasteiger partial charge in [-0.15, -0.1) is 0 Å². The lowest BCUT2D eigenvalue weighted by molar-refractivity contribution is -0.136. The number of rotatable bonds is 9. The number of benzene rings is 2. The van der Waals surface area contributed by atoms with E-state index < -0.39 is 35.6 Å². The number of primary amides is 1. The van der Waals surface area contributed by atoms with E-state index in [9.17, 15) is 28.8 Å². The molecule has 0 radical (unpaired) electrons. The van der Waals surface area contributed by atoms with Crippen molar-refractivity contribution >= 4 is 58.6 Å². The maximum absolute atomic E-state index is 13.3. The zero-order valence-corrected chi connectivity index (χ0v) is 32.4. The van der Waals surface area contributed by atoms with Gasteiger partial charge in [0.15, 0.2) is 11.5 Å². The smallest absolute Gasteiger partial charge is 0.320 e. The summed E-state index contributed by atoms with van der Waals surface area (Å²) in [5.41, 5.74) is 9.23. The van der Waals surface area contributed by atoms with Crippen molar-refractivity contribution in [2.45, 2.75) is 62.6 Å². The van der Waals surface area contributed by atoms with Crippen LogP contribution in [0.1, 0.15) is 82.6 Å². The van der Waals surface area contributed by atoms with E-state index in [1.165, 1.54) is 5.56 Å². The van der Waals surface area contributed by atoms with Gasteiger partial charge in [0.25, 0.3) is 17.7 Å². The number of anilines is 4.